The highest BCUT2D eigenvalue weighted by atomic mass is 28.3. The molecule has 0 spiro atoms. The molecule has 90 valence electrons. The average molecular weight is 233 g/mol. The van der Waals surface area contributed by atoms with Gasteiger partial charge in [-0.2, -0.15) is 0 Å². The van der Waals surface area contributed by atoms with Crippen molar-refractivity contribution in [1.29, 1.82) is 0 Å². The lowest BCUT2D eigenvalue weighted by atomic mass is 10.2. The summed E-state index contributed by atoms with van der Waals surface area (Å²) >= 11 is 0. The van der Waals surface area contributed by atoms with Gasteiger partial charge in [0.1, 0.15) is 15.0 Å². The number of aliphatic hydroxyl groups excluding tert-OH is 1. The molecule has 2 atom stereocenters. The standard InChI is InChI=1S/C10H23NO3Si/c1-5-6-7-11(15(3)4)9(8(2)12)10(13)14/h8-9,12,15H,5-7H2,1-4H3,(H,13,14). The van der Waals surface area contributed by atoms with Crippen LogP contribution in [0.4, 0.5) is 0 Å². The highest BCUT2D eigenvalue weighted by Gasteiger charge is 2.31. The van der Waals surface area contributed by atoms with Crippen molar-refractivity contribution in [3.05, 3.63) is 0 Å². The van der Waals surface area contributed by atoms with E-state index in [2.05, 4.69) is 20.0 Å². The van der Waals surface area contributed by atoms with Gasteiger partial charge in [0.2, 0.25) is 0 Å². The minimum atomic E-state index is -1.19. The normalized spacial score (nSPS) is 15.7. The summed E-state index contributed by atoms with van der Waals surface area (Å²) < 4.78 is 1.98. The van der Waals surface area contributed by atoms with Crippen LogP contribution in [0.2, 0.25) is 13.1 Å². The van der Waals surface area contributed by atoms with Crippen LogP contribution in [-0.4, -0.2) is 48.4 Å². The average Bonchev–Trinajstić information content (AvgIpc) is 2.09. The summed E-state index contributed by atoms with van der Waals surface area (Å²) in [6.45, 7) is 8.59. The van der Waals surface area contributed by atoms with Crippen LogP contribution in [0.5, 0.6) is 0 Å². The number of unbranched alkanes of at least 4 members (excludes halogenated alkanes) is 1. The van der Waals surface area contributed by atoms with Crippen molar-refractivity contribution < 1.29 is 15.0 Å². The smallest absolute Gasteiger partial charge is 0.322 e. The van der Waals surface area contributed by atoms with Crippen molar-refractivity contribution in [2.45, 2.75) is 51.9 Å². The summed E-state index contributed by atoms with van der Waals surface area (Å²) in [6, 6.07) is -0.733. The fraction of sp³-hybridized carbons (Fsp3) is 0.900. The number of aliphatic carboxylic acids is 1. The van der Waals surface area contributed by atoms with Gasteiger partial charge in [0.15, 0.2) is 0 Å². The molecule has 0 aliphatic heterocycles. The molecule has 0 aromatic rings. The number of nitrogens with zero attached hydrogens (tertiary/aromatic N) is 1. The first-order valence-electron chi connectivity index (χ1n) is 5.58. The van der Waals surface area contributed by atoms with Gasteiger partial charge >= 0.3 is 5.97 Å². The SMILES string of the molecule is CCCCN(C(C(=O)O)C(C)O)[SiH](C)C. The molecular weight excluding hydrogens is 210 g/mol. The second-order valence-electron chi connectivity index (χ2n) is 4.21. The Labute approximate surface area is 93.6 Å². The Bertz CT molecular complexity index is 197. The van der Waals surface area contributed by atoms with Crippen molar-refractivity contribution in [3.63, 3.8) is 0 Å². The first-order valence-corrected chi connectivity index (χ1v) is 8.41. The highest BCUT2D eigenvalue weighted by molar-refractivity contribution is 6.53. The predicted molar refractivity (Wildman–Crippen MR) is 63.6 cm³/mol. The third-order valence-electron chi connectivity index (χ3n) is 2.50. The number of hydrogen-bond acceptors (Lipinski definition) is 3. The van der Waals surface area contributed by atoms with E-state index < -0.39 is 27.1 Å². The van der Waals surface area contributed by atoms with E-state index in [0.717, 1.165) is 19.4 Å². The van der Waals surface area contributed by atoms with Gasteiger partial charge in [0.25, 0.3) is 0 Å². The molecule has 2 N–H and O–H groups in total. The number of aliphatic hydroxyl groups is 1. The maximum absolute atomic E-state index is 11.1. The van der Waals surface area contributed by atoms with Crippen LogP contribution >= 0.6 is 0 Å². The van der Waals surface area contributed by atoms with E-state index in [9.17, 15) is 9.90 Å². The quantitative estimate of drug-likeness (QED) is 0.642. The molecular formula is C10H23NO3Si. The van der Waals surface area contributed by atoms with Crippen LogP contribution in [0.15, 0.2) is 0 Å². The van der Waals surface area contributed by atoms with Gasteiger partial charge in [-0.1, -0.05) is 26.4 Å². The number of carbonyl (C=O) groups is 1. The summed E-state index contributed by atoms with van der Waals surface area (Å²) in [5.74, 6) is -0.915. The first kappa shape index (κ1) is 14.6. The summed E-state index contributed by atoms with van der Waals surface area (Å²) in [5.41, 5.74) is 0. The summed E-state index contributed by atoms with van der Waals surface area (Å²) in [6.07, 6.45) is 1.22. The molecule has 5 heteroatoms. The predicted octanol–water partition coefficient (Wildman–Crippen LogP) is 0.906. The second kappa shape index (κ2) is 6.98. The van der Waals surface area contributed by atoms with Crippen LogP contribution in [0, 0.1) is 0 Å². The zero-order valence-electron chi connectivity index (χ0n) is 10.1. The molecule has 0 aliphatic rings. The molecule has 0 amide bonds. The second-order valence-corrected chi connectivity index (χ2v) is 7.06. The lowest BCUT2D eigenvalue weighted by Gasteiger charge is -2.33. The lowest BCUT2D eigenvalue weighted by Crippen LogP contribution is -2.53. The van der Waals surface area contributed by atoms with Gasteiger partial charge in [-0.15, -0.1) is 0 Å². The molecule has 0 aromatic heterocycles. The van der Waals surface area contributed by atoms with E-state index in [4.69, 9.17) is 5.11 Å². The van der Waals surface area contributed by atoms with Crippen molar-refractivity contribution in [1.82, 2.24) is 4.57 Å². The maximum Gasteiger partial charge on any atom is 0.322 e. The van der Waals surface area contributed by atoms with Crippen LogP contribution in [0.1, 0.15) is 26.7 Å². The van der Waals surface area contributed by atoms with E-state index in [1.54, 1.807) is 6.92 Å². The highest BCUT2D eigenvalue weighted by Crippen LogP contribution is 2.10. The fourth-order valence-electron chi connectivity index (χ4n) is 1.68. The van der Waals surface area contributed by atoms with Crippen LogP contribution in [0.3, 0.4) is 0 Å². The minimum Gasteiger partial charge on any atom is -0.480 e. The van der Waals surface area contributed by atoms with Crippen LogP contribution in [0.25, 0.3) is 0 Å². The molecule has 4 nitrogen and oxygen atoms in total. The zero-order chi connectivity index (χ0) is 12.0. The summed E-state index contributed by atoms with van der Waals surface area (Å²) in [4.78, 5) is 11.1. The maximum atomic E-state index is 11.1. The topological polar surface area (TPSA) is 60.8 Å². The largest absolute Gasteiger partial charge is 0.480 e. The molecule has 0 fully saturated rings. The Kier molecular flexibility index (Phi) is 6.79. The third-order valence-corrected chi connectivity index (χ3v) is 4.41. The van der Waals surface area contributed by atoms with Crippen molar-refractivity contribution in [3.8, 4) is 0 Å². The Morgan fingerprint density at radius 1 is 1.47 bits per heavy atom. The van der Waals surface area contributed by atoms with Crippen LogP contribution in [-0.2, 0) is 4.79 Å². The molecule has 0 rings (SSSR count). The molecule has 0 aromatic carbocycles. The Morgan fingerprint density at radius 3 is 2.27 bits per heavy atom. The van der Waals surface area contributed by atoms with Crippen molar-refractivity contribution >= 4 is 14.9 Å². The van der Waals surface area contributed by atoms with E-state index in [1.165, 1.54) is 0 Å². The molecule has 0 saturated carbocycles. The van der Waals surface area contributed by atoms with Crippen molar-refractivity contribution in [2.75, 3.05) is 6.54 Å². The van der Waals surface area contributed by atoms with Gasteiger partial charge in [-0.3, -0.25) is 4.79 Å². The van der Waals surface area contributed by atoms with Gasteiger partial charge in [0, 0.05) is 0 Å². The number of carboxylic acids is 1. The van der Waals surface area contributed by atoms with E-state index >= 15 is 0 Å². The molecule has 0 heterocycles. The molecule has 15 heavy (non-hydrogen) atoms. The zero-order valence-corrected chi connectivity index (χ0v) is 11.3. The molecule has 0 aliphatic carbocycles. The number of hydrogen-bond donors (Lipinski definition) is 2. The molecule has 0 saturated heterocycles. The van der Waals surface area contributed by atoms with Gasteiger partial charge in [0.05, 0.1) is 6.10 Å². The molecule has 0 radical (unpaired) electrons. The molecule has 0 bridgehead atoms. The number of rotatable bonds is 7. The van der Waals surface area contributed by atoms with E-state index in [0.29, 0.717) is 0 Å². The Morgan fingerprint density at radius 2 is 2.00 bits per heavy atom. The van der Waals surface area contributed by atoms with Crippen LogP contribution < -0.4 is 0 Å². The van der Waals surface area contributed by atoms with Gasteiger partial charge < -0.3 is 14.8 Å². The lowest BCUT2D eigenvalue weighted by molar-refractivity contribution is -0.145. The van der Waals surface area contributed by atoms with Crippen molar-refractivity contribution in [2.24, 2.45) is 0 Å². The van der Waals surface area contributed by atoms with Gasteiger partial charge in [-0.05, 0) is 19.9 Å². The van der Waals surface area contributed by atoms with E-state index in [1.807, 2.05) is 4.57 Å². The van der Waals surface area contributed by atoms with E-state index in [-0.39, 0.29) is 0 Å². The summed E-state index contributed by atoms with van der Waals surface area (Å²) in [5, 5.41) is 18.6. The monoisotopic (exact) mass is 233 g/mol. The Hall–Kier alpha value is -0.393. The molecule has 2 unspecified atom stereocenters. The first-order chi connectivity index (χ1) is 6.91. The minimum absolute atomic E-state index is 0.733. The number of carboxylic acid groups (broad SMARTS) is 1. The Balaban J connectivity index is 4.60. The summed E-state index contributed by atoms with van der Waals surface area (Å²) in [7, 11) is -1.19. The fourth-order valence-corrected chi connectivity index (χ4v) is 3.40. The van der Waals surface area contributed by atoms with Gasteiger partial charge in [-0.25, -0.2) is 0 Å². The third kappa shape index (κ3) is 4.77.